The van der Waals surface area contributed by atoms with E-state index in [4.69, 9.17) is 16.3 Å². The zero-order chi connectivity index (χ0) is 26.5. The van der Waals surface area contributed by atoms with Crippen LogP contribution in [0.25, 0.3) is 0 Å². The highest BCUT2D eigenvalue weighted by Gasteiger charge is 2.46. The van der Waals surface area contributed by atoms with Gasteiger partial charge in [0.25, 0.3) is 0 Å². The van der Waals surface area contributed by atoms with Crippen molar-refractivity contribution >= 4 is 34.7 Å². The van der Waals surface area contributed by atoms with Crippen molar-refractivity contribution in [1.82, 2.24) is 15.2 Å². The van der Waals surface area contributed by atoms with Gasteiger partial charge in [-0.2, -0.15) is 5.26 Å². The molecule has 3 heterocycles. The van der Waals surface area contributed by atoms with Gasteiger partial charge in [0, 0.05) is 47.4 Å². The predicted octanol–water partition coefficient (Wildman–Crippen LogP) is 5.20. The Bertz CT molecular complexity index is 1190. The Kier molecular flexibility index (Phi) is 9.17. The summed E-state index contributed by atoms with van der Waals surface area (Å²) in [6, 6.07) is 4.47. The summed E-state index contributed by atoms with van der Waals surface area (Å²) in [5.41, 5.74) is -0.457. The number of nitriles is 1. The molecule has 2 aliphatic heterocycles. The summed E-state index contributed by atoms with van der Waals surface area (Å²) < 4.78 is 33.8. The molecule has 36 heavy (non-hydrogen) atoms. The van der Waals surface area contributed by atoms with Crippen LogP contribution in [0.5, 0.6) is 0 Å². The van der Waals surface area contributed by atoms with Gasteiger partial charge in [0.1, 0.15) is 23.6 Å². The lowest BCUT2D eigenvalue weighted by molar-refractivity contribution is -0.148. The van der Waals surface area contributed by atoms with Gasteiger partial charge in [0.15, 0.2) is 10.8 Å². The zero-order valence-electron chi connectivity index (χ0n) is 20.5. The molecule has 3 atom stereocenters. The second kappa shape index (κ2) is 11.9. The van der Waals surface area contributed by atoms with Crippen LogP contribution in [-0.4, -0.2) is 53.1 Å². The third kappa shape index (κ3) is 6.09. The summed E-state index contributed by atoms with van der Waals surface area (Å²) in [6.45, 7) is 7.38. The number of benzene rings is 1. The molecule has 1 aromatic carbocycles. The zero-order valence-corrected chi connectivity index (χ0v) is 22.1. The van der Waals surface area contributed by atoms with Crippen LogP contribution >= 0.6 is 22.9 Å². The van der Waals surface area contributed by atoms with Gasteiger partial charge in [-0.1, -0.05) is 31.5 Å². The maximum atomic E-state index is 14.9. The van der Waals surface area contributed by atoms with Crippen LogP contribution in [-0.2, 0) is 9.53 Å². The van der Waals surface area contributed by atoms with E-state index >= 15 is 0 Å². The monoisotopic (exact) mass is 535 g/mol. The SMILES string of the molecule is CC.CCOC(=O)C1CC(C)(F)CN1CC1=C(C#N)C(c2ccc(F)cc2Cl)N=C(c2nccs2)N1. The minimum Gasteiger partial charge on any atom is -0.465 e. The van der Waals surface area contributed by atoms with Crippen molar-refractivity contribution in [1.29, 1.82) is 5.26 Å². The van der Waals surface area contributed by atoms with Crippen molar-refractivity contribution in [2.24, 2.45) is 4.99 Å². The van der Waals surface area contributed by atoms with Gasteiger partial charge in [-0.3, -0.25) is 14.7 Å². The second-order valence-electron chi connectivity index (χ2n) is 8.30. The van der Waals surface area contributed by atoms with Gasteiger partial charge in [-0.25, -0.2) is 13.8 Å². The van der Waals surface area contributed by atoms with Crippen molar-refractivity contribution in [3.63, 3.8) is 0 Å². The smallest absolute Gasteiger partial charge is 0.323 e. The second-order valence-corrected chi connectivity index (χ2v) is 9.60. The van der Waals surface area contributed by atoms with Gasteiger partial charge in [0.2, 0.25) is 0 Å². The number of rotatable bonds is 6. The lowest BCUT2D eigenvalue weighted by Crippen LogP contribution is -2.43. The number of aromatic nitrogens is 1. The minimum absolute atomic E-state index is 0.00787. The van der Waals surface area contributed by atoms with Crippen LogP contribution in [0, 0.1) is 17.1 Å². The van der Waals surface area contributed by atoms with E-state index in [9.17, 15) is 18.8 Å². The first kappa shape index (κ1) is 27.7. The van der Waals surface area contributed by atoms with Crippen LogP contribution in [0.15, 0.2) is 46.0 Å². The van der Waals surface area contributed by atoms with Crippen molar-refractivity contribution in [3.8, 4) is 6.07 Å². The molecule has 2 aliphatic rings. The fourth-order valence-electron chi connectivity index (χ4n) is 4.22. The Balaban J connectivity index is 0.00000176. The number of esters is 1. The Labute approximate surface area is 218 Å². The quantitative estimate of drug-likeness (QED) is 0.511. The van der Waals surface area contributed by atoms with Crippen LogP contribution in [0.2, 0.25) is 5.02 Å². The number of carbonyl (C=O) groups is 1. The van der Waals surface area contributed by atoms with E-state index in [2.05, 4.69) is 21.4 Å². The Hall–Kier alpha value is -2.87. The molecule has 0 spiro atoms. The molecule has 11 heteroatoms. The Morgan fingerprint density at radius 3 is 2.81 bits per heavy atom. The molecule has 1 fully saturated rings. The number of ether oxygens (including phenoxy) is 1. The molecular weight excluding hydrogens is 508 g/mol. The number of likely N-dealkylation sites (tertiary alicyclic amines) is 1. The summed E-state index contributed by atoms with van der Waals surface area (Å²) in [6.07, 6.45) is 1.61. The summed E-state index contributed by atoms with van der Waals surface area (Å²) in [5.74, 6) is -0.610. The third-order valence-electron chi connectivity index (χ3n) is 5.65. The van der Waals surface area contributed by atoms with Gasteiger partial charge in [-0.05, 0) is 26.0 Å². The summed E-state index contributed by atoms with van der Waals surface area (Å²) in [7, 11) is 0. The average molecular weight is 536 g/mol. The number of aliphatic imine (C=N–C) groups is 1. The molecule has 3 unspecified atom stereocenters. The molecule has 0 radical (unpaired) electrons. The van der Waals surface area contributed by atoms with Crippen LogP contribution in [0.3, 0.4) is 0 Å². The number of nitrogens with one attached hydrogen (secondary N) is 1. The molecule has 1 N–H and O–H groups in total. The average Bonchev–Trinajstić information content (AvgIpc) is 3.48. The predicted molar refractivity (Wildman–Crippen MR) is 136 cm³/mol. The highest BCUT2D eigenvalue weighted by Crippen LogP contribution is 2.37. The highest BCUT2D eigenvalue weighted by molar-refractivity contribution is 7.11. The fourth-order valence-corrected chi connectivity index (χ4v) is 5.08. The Morgan fingerprint density at radius 1 is 1.44 bits per heavy atom. The van der Waals surface area contributed by atoms with Crippen molar-refractivity contribution < 1.29 is 18.3 Å². The van der Waals surface area contributed by atoms with E-state index in [1.165, 1.54) is 30.4 Å². The molecule has 4 rings (SSSR count). The number of halogens is 3. The maximum Gasteiger partial charge on any atom is 0.323 e. The summed E-state index contributed by atoms with van der Waals surface area (Å²) in [4.78, 5) is 23.1. The summed E-state index contributed by atoms with van der Waals surface area (Å²) >= 11 is 7.66. The molecule has 2 aromatic rings. The van der Waals surface area contributed by atoms with Crippen LogP contribution in [0.4, 0.5) is 8.78 Å². The van der Waals surface area contributed by atoms with Gasteiger partial charge < -0.3 is 10.1 Å². The van der Waals surface area contributed by atoms with E-state index in [1.54, 1.807) is 23.4 Å². The van der Waals surface area contributed by atoms with Crippen molar-refractivity contribution in [2.75, 3.05) is 19.7 Å². The van der Waals surface area contributed by atoms with E-state index in [1.807, 2.05) is 13.8 Å². The molecule has 7 nitrogen and oxygen atoms in total. The fraction of sp³-hybridized carbons (Fsp3) is 0.440. The lowest BCUT2D eigenvalue weighted by Gasteiger charge is -2.29. The van der Waals surface area contributed by atoms with Gasteiger partial charge in [-0.15, -0.1) is 11.3 Å². The van der Waals surface area contributed by atoms with Crippen LogP contribution in [0.1, 0.15) is 50.7 Å². The van der Waals surface area contributed by atoms with E-state index in [-0.39, 0.29) is 36.7 Å². The van der Waals surface area contributed by atoms with E-state index in [0.29, 0.717) is 22.1 Å². The third-order valence-corrected chi connectivity index (χ3v) is 6.76. The Morgan fingerprint density at radius 2 is 2.19 bits per heavy atom. The van der Waals surface area contributed by atoms with Crippen LogP contribution < -0.4 is 5.32 Å². The first-order valence-electron chi connectivity index (χ1n) is 11.6. The molecule has 192 valence electrons. The first-order valence-corrected chi connectivity index (χ1v) is 12.9. The highest BCUT2D eigenvalue weighted by atomic mass is 35.5. The topological polar surface area (TPSA) is 90.6 Å². The molecular formula is C25H28ClF2N5O2S. The molecule has 1 aromatic heterocycles. The molecule has 0 amide bonds. The van der Waals surface area contributed by atoms with E-state index in [0.717, 1.165) is 6.07 Å². The normalized spacial score (nSPS) is 23.8. The number of thiazole rings is 1. The number of hydrogen-bond donors (Lipinski definition) is 1. The summed E-state index contributed by atoms with van der Waals surface area (Å²) in [5, 5.41) is 15.7. The number of amidine groups is 1. The molecule has 0 aliphatic carbocycles. The van der Waals surface area contributed by atoms with E-state index < -0.39 is 29.5 Å². The number of alkyl halides is 1. The number of hydrogen-bond acceptors (Lipinski definition) is 8. The molecule has 1 saturated heterocycles. The molecule has 0 saturated carbocycles. The maximum absolute atomic E-state index is 14.9. The minimum atomic E-state index is -1.59. The van der Waals surface area contributed by atoms with Gasteiger partial charge >= 0.3 is 5.97 Å². The molecule has 0 bridgehead atoms. The van der Waals surface area contributed by atoms with Crippen molar-refractivity contribution in [2.45, 2.75) is 51.9 Å². The largest absolute Gasteiger partial charge is 0.465 e. The van der Waals surface area contributed by atoms with Gasteiger partial charge in [0.05, 0.1) is 18.2 Å². The number of nitrogens with zero attached hydrogens (tertiary/aromatic N) is 4. The lowest BCUT2D eigenvalue weighted by atomic mass is 9.96. The number of carbonyl (C=O) groups excluding carboxylic acids is 1. The van der Waals surface area contributed by atoms with Crippen molar-refractivity contribution in [3.05, 3.63) is 62.5 Å². The standard InChI is InChI=1S/C23H22ClF2N5O2S.C2H6/c1-3-33-22(32)18-9-23(2,26)12-31(18)11-17-15(10-27)19(14-5-4-13(25)8-16(14)24)30-20(29-17)21-28-6-7-34-21;1-2/h4-8,18-19H,3,9,11-12H2,1-2H3,(H,29,30);1-2H3. The first-order chi connectivity index (χ1) is 17.2.